The Morgan fingerprint density at radius 1 is 0.949 bits per heavy atom. The van der Waals surface area contributed by atoms with Gasteiger partial charge in [-0.05, 0) is 66.3 Å². The molecule has 3 aromatic rings. The first-order chi connectivity index (χ1) is 19.1. The van der Waals surface area contributed by atoms with E-state index < -0.39 is 5.91 Å². The average Bonchev–Trinajstić information content (AvgIpc) is 3.00. The van der Waals surface area contributed by atoms with Gasteiger partial charge in [0, 0.05) is 11.3 Å². The number of nitrogens with zero attached hydrogens (tertiary/aromatic N) is 3. The van der Waals surface area contributed by atoms with Gasteiger partial charge >= 0.3 is 0 Å². The summed E-state index contributed by atoms with van der Waals surface area (Å²) in [6.07, 6.45) is 6.50. The van der Waals surface area contributed by atoms with E-state index in [1.54, 1.807) is 29.2 Å². The van der Waals surface area contributed by atoms with Crippen molar-refractivity contribution in [1.82, 2.24) is 5.32 Å². The van der Waals surface area contributed by atoms with E-state index in [9.17, 15) is 9.59 Å². The number of nitrogens with two attached hydrogens (primary N) is 1. The number of hydrogen-bond donors (Lipinski definition) is 3. The number of hydrogen-bond acceptors (Lipinski definition) is 6. The number of nitrogens with one attached hydrogen (secondary N) is 2. The summed E-state index contributed by atoms with van der Waals surface area (Å²) in [7, 11) is 0. The summed E-state index contributed by atoms with van der Waals surface area (Å²) in [4.78, 5) is 27.5. The maximum atomic E-state index is 13.4. The molecule has 2 amide bonds. The van der Waals surface area contributed by atoms with Gasteiger partial charge in [-0.15, -0.1) is 10.2 Å². The van der Waals surface area contributed by atoms with Crippen LogP contribution in [-0.2, 0) is 11.3 Å². The molecule has 0 unspecified atom stereocenters. The van der Waals surface area contributed by atoms with Crippen LogP contribution >= 0.6 is 0 Å². The second-order valence-corrected chi connectivity index (χ2v) is 9.53. The molecule has 9 heteroatoms. The van der Waals surface area contributed by atoms with Crippen molar-refractivity contribution in [3.8, 4) is 5.75 Å². The summed E-state index contributed by atoms with van der Waals surface area (Å²) in [5.74, 6) is 5.60. The lowest BCUT2D eigenvalue weighted by Crippen LogP contribution is -2.31. The lowest BCUT2D eigenvalue weighted by atomic mass is 9.84. The summed E-state index contributed by atoms with van der Waals surface area (Å²) in [6.45, 7) is 0.608. The van der Waals surface area contributed by atoms with Crippen molar-refractivity contribution >= 4 is 23.5 Å². The molecule has 0 radical (unpaired) electrons. The lowest BCUT2D eigenvalue weighted by molar-refractivity contribution is -0.119. The predicted octanol–water partition coefficient (Wildman–Crippen LogP) is 5.73. The number of anilines is 1. The quantitative estimate of drug-likeness (QED) is 0.108. The standard InChI is InChI=1S/C30H34N6O3/c31-34-30(35-32)33-29(38)25-13-11-22(12-14-25)21-36(28(37)19-20-39-27-9-5-2-6-10-27)26-17-15-24(16-18-26)23-7-3-1-4-8-23/h2,5-6,9-18,23,31H,1,3-4,7-8,19-21,32H2,(H,33,35,38). The molecule has 39 heavy (non-hydrogen) atoms. The van der Waals surface area contributed by atoms with E-state index in [-0.39, 0.29) is 24.9 Å². The topological polar surface area (TPSA) is 133 Å². The van der Waals surface area contributed by atoms with Gasteiger partial charge in [0.25, 0.3) is 11.9 Å². The summed E-state index contributed by atoms with van der Waals surface area (Å²) >= 11 is 0. The summed E-state index contributed by atoms with van der Waals surface area (Å²) in [5.41, 5.74) is 10.3. The molecule has 9 nitrogen and oxygen atoms in total. The van der Waals surface area contributed by atoms with Crippen molar-refractivity contribution in [3.05, 3.63) is 95.6 Å². The fourth-order valence-corrected chi connectivity index (χ4v) is 4.80. The monoisotopic (exact) mass is 526 g/mol. The van der Waals surface area contributed by atoms with Gasteiger partial charge in [-0.3, -0.25) is 14.9 Å². The van der Waals surface area contributed by atoms with Gasteiger partial charge in [-0.2, -0.15) is 0 Å². The Balaban J connectivity index is 1.48. The number of carbonyl (C=O) groups excluding carboxylic acids is 2. The van der Waals surface area contributed by atoms with E-state index in [0.717, 1.165) is 17.0 Å². The third-order valence-corrected chi connectivity index (χ3v) is 6.92. The van der Waals surface area contributed by atoms with Gasteiger partial charge in [0.05, 0.1) is 19.6 Å². The van der Waals surface area contributed by atoms with Crippen molar-refractivity contribution < 1.29 is 14.3 Å². The van der Waals surface area contributed by atoms with Gasteiger partial charge in [-0.25, -0.2) is 5.53 Å². The Labute approximate surface area is 228 Å². The zero-order chi connectivity index (χ0) is 27.5. The second-order valence-electron chi connectivity index (χ2n) is 9.53. The molecule has 0 aliphatic heterocycles. The molecule has 0 spiro atoms. The highest BCUT2D eigenvalue weighted by Gasteiger charge is 2.19. The van der Waals surface area contributed by atoms with Crippen LogP contribution in [0.2, 0.25) is 0 Å². The highest BCUT2D eigenvalue weighted by Crippen LogP contribution is 2.33. The fourth-order valence-electron chi connectivity index (χ4n) is 4.80. The van der Waals surface area contributed by atoms with Crippen molar-refractivity contribution in [3.63, 3.8) is 0 Å². The minimum absolute atomic E-state index is 0.0565. The van der Waals surface area contributed by atoms with E-state index >= 15 is 0 Å². The third-order valence-electron chi connectivity index (χ3n) is 6.92. The van der Waals surface area contributed by atoms with Crippen LogP contribution in [0.3, 0.4) is 0 Å². The first-order valence-electron chi connectivity index (χ1n) is 13.2. The molecule has 3 aromatic carbocycles. The maximum Gasteiger partial charge on any atom is 0.265 e. The predicted molar refractivity (Wildman–Crippen MR) is 151 cm³/mol. The smallest absolute Gasteiger partial charge is 0.265 e. The number of hydrazone groups is 1. The van der Waals surface area contributed by atoms with Crippen molar-refractivity contribution in [2.24, 2.45) is 16.1 Å². The number of amides is 2. The first kappa shape index (κ1) is 27.5. The third kappa shape index (κ3) is 7.73. The Kier molecular flexibility index (Phi) is 9.77. The molecule has 0 atom stereocenters. The summed E-state index contributed by atoms with van der Waals surface area (Å²) in [6, 6.07) is 24.7. The van der Waals surface area contributed by atoms with E-state index in [2.05, 4.69) is 27.7 Å². The van der Waals surface area contributed by atoms with Crippen LogP contribution in [0.25, 0.3) is 0 Å². The van der Waals surface area contributed by atoms with Gasteiger partial charge in [0.1, 0.15) is 5.75 Å². The highest BCUT2D eigenvalue weighted by atomic mass is 16.5. The zero-order valence-electron chi connectivity index (χ0n) is 21.9. The Morgan fingerprint density at radius 3 is 2.28 bits per heavy atom. The molecule has 1 fully saturated rings. The molecule has 1 saturated carbocycles. The second kappa shape index (κ2) is 13.9. The molecule has 4 N–H and O–H groups in total. The molecule has 1 aliphatic carbocycles. The lowest BCUT2D eigenvalue weighted by Gasteiger charge is -2.25. The van der Waals surface area contributed by atoms with E-state index in [1.165, 1.54) is 37.7 Å². The minimum Gasteiger partial charge on any atom is -0.493 e. The van der Waals surface area contributed by atoms with Crippen molar-refractivity contribution in [2.75, 3.05) is 11.5 Å². The summed E-state index contributed by atoms with van der Waals surface area (Å²) < 4.78 is 5.77. The largest absolute Gasteiger partial charge is 0.493 e. The SMILES string of the molecule is N=N/C(=N\N)NC(=O)c1ccc(CN(C(=O)CCOc2ccccc2)c2ccc(C3CCCCC3)cc2)cc1. The van der Waals surface area contributed by atoms with E-state index in [0.29, 0.717) is 18.0 Å². The van der Waals surface area contributed by atoms with Gasteiger partial charge in [0.2, 0.25) is 5.91 Å². The number of carbonyl (C=O) groups is 2. The number of benzene rings is 3. The number of ether oxygens (including phenoxy) is 1. The van der Waals surface area contributed by atoms with Crippen LogP contribution in [0, 0.1) is 5.53 Å². The van der Waals surface area contributed by atoms with Crippen LogP contribution in [0.15, 0.2) is 89.1 Å². The van der Waals surface area contributed by atoms with Crippen molar-refractivity contribution in [2.45, 2.75) is 51.0 Å². The van der Waals surface area contributed by atoms with Crippen LogP contribution in [0.5, 0.6) is 5.75 Å². The first-order valence-corrected chi connectivity index (χ1v) is 13.2. The van der Waals surface area contributed by atoms with Crippen LogP contribution in [0.4, 0.5) is 5.69 Å². The number of para-hydroxylation sites is 1. The Hall–Kier alpha value is -4.53. The highest BCUT2D eigenvalue weighted by molar-refractivity contribution is 6.05. The van der Waals surface area contributed by atoms with Crippen LogP contribution < -0.4 is 20.8 Å². The average molecular weight is 527 g/mol. The molecule has 0 aromatic heterocycles. The van der Waals surface area contributed by atoms with Crippen LogP contribution in [0.1, 0.15) is 65.9 Å². The normalized spacial score (nSPS) is 13.9. The molecule has 0 bridgehead atoms. The molecule has 202 valence electrons. The molecule has 0 heterocycles. The molecular formula is C30H34N6O3. The Bertz CT molecular complexity index is 1270. The van der Waals surface area contributed by atoms with E-state index in [4.69, 9.17) is 16.1 Å². The van der Waals surface area contributed by atoms with E-state index in [1.807, 2.05) is 42.5 Å². The van der Waals surface area contributed by atoms with Crippen LogP contribution in [-0.4, -0.2) is 24.4 Å². The maximum absolute atomic E-state index is 13.4. The fraction of sp³-hybridized carbons (Fsp3) is 0.300. The Morgan fingerprint density at radius 2 is 1.64 bits per heavy atom. The van der Waals surface area contributed by atoms with Gasteiger partial charge in [-0.1, -0.05) is 61.7 Å². The molecule has 0 saturated heterocycles. The van der Waals surface area contributed by atoms with Gasteiger partial charge in [0.15, 0.2) is 0 Å². The molecule has 4 rings (SSSR count). The van der Waals surface area contributed by atoms with Gasteiger partial charge < -0.3 is 15.5 Å². The van der Waals surface area contributed by atoms with Crippen molar-refractivity contribution in [1.29, 1.82) is 5.53 Å². The number of guanidine groups is 1. The minimum atomic E-state index is -0.481. The summed E-state index contributed by atoms with van der Waals surface area (Å²) in [5, 5.41) is 8.65. The molecule has 1 aliphatic rings. The molecular weight excluding hydrogens is 492 g/mol. The number of rotatable bonds is 9. The zero-order valence-corrected chi connectivity index (χ0v) is 21.9.